The van der Waals surface area contributed by atoms with Gasteiger partial charge in [0.25, 0.3) is 0 Å². The smallest absolute Gasteiger partial charge is 0.154 e. The van der Waals surface area contributed by atoms with E-state index in [1.54, 1.807) is 0 Å². The molecule has 2 aliphatic rings. The van der Waals surface area contributed by atoms with Crippen LogP contribution in [0.25, 0.3) is 0 Å². The monoisotopic (exact) mass is 344 g/mol. The van der Waals surface area contributed by atoms with Gasteiger partial charge in [-0.2, -0.15) is 0 Å². The van der Waals surface area contributed by atoms with Crippen LogP contribution in [0.1, 0.15) is 25.7 Å². The van der Waals surface area contributed by atoms with E-state index in [-0.39, 0.29) is 15.8 Å². The van der Waals surface area contributed by atoms with Crippen LogP contribution in [0.2, 0.25) is 0 Å². The highest BCUT2D eigenvalue weighted by atomic mass is 127. The second-order valence-corrected chi connectivity index (χ2v) is 8.34. The zero-order valence-electron chi connectivity index (χ0n) is 8.69. The van der Waals surface area contributed by atoms with Gasteiger partial charge in [-0.1, -0.05) is 35.4 Å². The first-order valence-corrected chi connectivity index (χ1v) is 8.59. The Balaban J connectivity index is 1.65. The van der Waals surface area contributed by atoms with Gasteiger partial charge in [0.15, 0.2) is 9.84 Å². The summed E-state index contributed by atoms with van der Waals surface area (Å²) in [6, 6.07) is 0. The summed E-state index contributed by atoms with van der Waals surface area (Å²) in [6.45, 7) is 0.732. The van der Waals surface area contributed by atoms with E-state index in [2.05, 4.69) is 22.6 Å². The second-order valence-electron chi connectivity index (χ2n) is 4.59. The number of sulfone groups is 1. The Morgan fingerprint density at radius 2 is 2.00 bits per heavy atom. The molecule has 0 amide bonds. The molecule has 1 saturated heterocycles. The van der Waals surface area contributed by atoms with Crippen molar-refractivity contribution >= 4 is 32.4 Å². The van der Waals surface area contributed by atoms with Gasteiger partial charge in [0.1, 0.15) is 0 Å². The van der Waals surface area contributed by atoms with Gasteiger partial charge in [-0.3, -0.25) is 0 Å². The topological polar surface area (TPSA) is 43.4 Å². The second kappa shape index (κ2) is 4.87. The van der Waals surface area contributed by atoms with Crippen LogP contribution in [0.3, 0.4) is 0 Å². The molecule has 2 fully saturated rings. The fourth-order valence-corrected chi connectivity index (χ4v) is 6.05. The Morgan fingerprint density at radius 3 is 2.53 bits per heavy atom. The van der Waals surface area contributed by atoms with E-state index < -0.39 is 9.84 Å². The standard InChI is InChI=1S/C10H17IO3S/c11-9-6-15(12,13)7-10(9)14-5-1-2-8-3-4-8/h8-10H,1-7H2. The lowest BCUT2D eigenvalue weighted by Gasteiger charge is -2.13. The number of ether oxygens (including phenoxy) is 1. The predicted octanol–water partition coefficient (Wildman–Crippen LogP) is 1.79. The van der Waals surface area contributed by atoms with Gasteiger partial charge in [0.2, 0.25) is 0 Å². The van der Waals surface area contributed by atoms with E-state index in [0.717, 1.165) is 18.9 Å². The third-order valence-electron chi connectivity index (χ3n) is 3.02. The first-order chi connectivity index (χ1) is 7.07. The Labute approximate surface area is 105 Å². The molecular weight excluding hydrogens is 327 g/mol. The van der Waals surface area contributed by atoms with E-state index in [9.17, 15) is 8.42 Å². The largest absolute Gasteiger partial charge is 0.376 e. The van der Waals surface area contributed by atoms with E-state index in [0.29, 0.717) is 5.75 Å². The Morgan fingerprint density at radius 1 is 1.27 bits per heavy atom. The van der Waals surface area contributed by atoms with Crippen LogP contribution in [-0.4, -0.2) is 36.6 Å². The zero-order valence-corrected chi connectivity index (χ0v) is 11.7. The highest BCUT2D eigenvalue weighted by Gasteiger charge is 2.36. The Kier molecular flexibility index (Phi) is 3.93. The molecule has 0 N–H and O–H groups in total. The fourth-order valence-electron chi connectivity index (χ4n) is 1.94. The molecule has 3 nitrogen and oxygen atoms in total. The maximum atomic E-state index is 11.3. The number of hydrogen-bond acceptors (Lipinski definition) is 3. The van der Waals surface area contributed by atoms with Gasteiger partial charge in [0.05, 0.1) is 21.5 Å². The SMILES string of the molecule is O=S1(=O)CC(I)C(OCCCC2CC2)C1. The van der Waals surface area contributed by atoms with Gasteiger partial charge >= 0.3 is 0 Å². The average molecular weight is 344 g/mol. The van der Waals surface area contributed by atoms with Crippen LogP contribution < -0.4 is 0 Å². The Hall–Kier alpha value is 0.640. The van der Waals surface area contributed by atoms with Crippen molar-refractivity contribution in [3.05, 3.63) is 0 Å². The maximum absolute atomic E-state index is 11.3. The summed E-state index contributed by atoms with van der Waals surface area (Å²) in [7, 11) is -2.82. The summed E-state index contributed by atoms with van der Waals surface area (Å²) in [6.07, 6.45) is 5.05. The van der Waals surface area contributed by atoms with Crippen LogP contribution in [0, 0.1) is 5.92 Å². The molecule has 1 heterocycles. The van der Waals surface area contributed by atoms with Crippen LogP contribution in [0.15, 0.2) is 0 Å². The normalized spacial score (nSPS) is 34.5. The number of alkyl halides is 1. The molecule has 2 atom stereocenters. The molecular formula is C10H17IO3S. The zero-order chi connectivity index (χ0) is 10.9. The van der Waals surface area contributed by atoms with Crippen molar-refractivity contribution in [3.8, 4) is 0 Å². The van der Waals surface area contributed by atoms with Gasteiger partial charge in [-0.25, -0.2) is 8.42 Å². The summed E-state index contributed by atoms with van der Waals surface area (Å²) in [5.41, 5.74) is 0. The van der Waals surface area contributed by atoms with Crippen molar-refractivity contribution in [2.75, 3.05) is 18.1 Å². The lowest BCUT2D eigenvalue weighted by atomic mass is 10.2. The molecule has 0 radical (unpaired) electrons. The molecule has 2 rings (SSSR count). The van der Waals surface area contributed by atoms with Crippen molar-refractivity contribution in [3.63, 3.8) is 0 Å². The molecule has 1 aliphatic heterocycles. The van der Waals surface area contributed by atoms with Gasteiger partial charge in [0, 0.05) is 6.61 Å². The molecule has 1 saturated carbocycles. The number of halogens is 1. The van der Waals surface area contributed by atoms with Gasteiger partial charge < -0.3 is 4.74 Å². The summed E-state index contributed by atoms with van der Waals surface area (Å²) < 4.78 is 28.4. The molecule has 88 valence electrons. The molecule has 0 aromatic heterocycles. The molecule has 0 spiro atoms. The van der Waals surface area contributed by atoms with Crippen LogP contribution in [-0.2, 0) is 14.6 Å². The Bertz CT molecular complexity index is 311. The molecule has 1 aliphatic carbocycles. The van der Waals surface area contributed by atoms with Crippen LogP contribution in [0.5, 0.6) is 0 Å². The first-order valence-electron chi connectivity index (χ1n) is 5.53. The average Bonchev–Trinajstić information content (AvgIpc) is 2.88. The van der Waals surface area contributed by atoms with Gasteiger partial charge in [-0.05, 0) is 18.8 Å². The molecule has 0 aromatic carbocycles. The van der Waals surface area contributed by atoms with E-state index >= 15 is 0 Å². The minimum atomic E-state index is -2.82. The summed E-state index contributed by atoms with van der Waals surface area (Å²) in [4.78, 5) is 0. The van der Waals surface area contributed by atoms with Crippen LogP contribution in [0.4, 0.5) is 0 Å². The highest BCUT2D eigenvalue weighted by Crippen LogP contribution is 2.33. The summed E-state index contributed by atoms with van der Waals surface area (Å²) in [5.74, 6) is 1.46. The van der Waals surface area contributed by atoms with Crippen molar-refractivity contribution in [1.29, 1.82) is 0 Å². The lowest BCUT2D eigenvalue weighted by molar-refractivity contribution is 0.0735. The third kappa shape index (κ3) is 3.85. The lowest BCUT2D eigenvalue weighted by Crippen LogP contribution is -2.22. The van der Waals surface area contributed by atoms with Crippen molar-refractivity contribution < 1.29 is 13.2 Å². The van der Waals surface area contributed by atoms with Crippen molar-refractivity contribution in [2.45, 2.75) is 35.7 Å². The minimum absolute atomic E-state index is 0.0604. The number of rotatable bonds is 5. The maximum Gasteiger partial charge on any atom is 0.154 e. The molecule has 0 bridgehead atoms. The highest BCUT2D eigenvalue weighted by molar-refractivity contribution is 14.1. The summed E-state index contributed by atoms with van der Waals surface area (Å²) in [5, 5.41) is 0. The van der Waals surface area contributed by atoms with E-state index in [1.807, 2.05) is 0 Å². The molecule has 0 aromatic rings. The quantitative estimate of drug-likeness (QED) is 0.434. The minimum Gasteiger partial charge on any atom is -0.376 e. The van der Waals surface area contributed by atoms with Crippen molar-refractivity contribution in [1.82, 2.24) is 0 Å². The fraction of sp³-hybridized carbons (Fsp3) is 1.00. The molecule has 15 heavy (non-hydrogen) atoms. The van der Waals surface area contributed by atoms with Crippen molar-refractivity contribution in [2.24, 2.45) is 5.92 Å². The predicted molar refractivity (Wildman–Crippen MR) is 68.2 cm³/mol. The first kappa shape index (κ1) is 12.1. The van der Waals surface area contributed by atoms with Crippen LogP contribution >= 0.6 is 22.6 Å². The third-order valence-corrected chi connectivity index (χ3v) is 6.56. The van der Waals surface area contributed by atoms with E-state index in [1.165, 1.54) is 19.3 Å². The molecule has 5 heteroatoms. The summed E-state index contributed by atoms with van der Waals surface area (Å²) >= 11 is 2.19. The molecule has 2 unspecified atom stereocenters. The number of hydrogen-bond donors (Lipinski definition) is 0. The van der Waals surface area contributed by atoms with Gasteiger partial charge in [-0.15, -0.1) is 0 Å². The van der Waals surface area contributed by atoms with E-state index in [4.69, 9.17) is 4.74 Å².